The third kappa shape index (κ3) is 4.85. The molecule has 0 saturated carbocycles. The van der Waals surface area contributed by atoms with E-state index >= 15 is 0 Å². The number of hydrogen-bond donors (Lipinski definition) is 0. The number of carbonyl (C=O) groups excluding carboxylic acids is 2. The molecule has 0 atom stereocenters. The van der Waals surface area contributed by atoms with Crippen LogP contribution in [0.2, 0.25) is 14.4 Å². The normalized spacial score (nSPS) is 10.9. The van der Waals surface area contributed by atoms with Gasteiger partial charge in [0.25, 0.3) is 0 Å². The molecule has 0 fully saturated rings. The number of rotatable bonds is 5. The van der Waals surface area contributed by atoms with Gasteiger partial charge in [-0.1, -0.05) is 40.9 Å². The molecule has 0 saturated heterocycles. The third-order valence-corrected chi connectivity index (χ3v) is 4.39. The fourth-order valence-corrected chi connectivity index (χ4v) is 2.95. The fourth-order valence-electron chi connectivity index (χ4n) is 1.51. The van der Waals surface area contributed by atoms with E-state index in [4.69, 9.17) is 39.5 Å². The molecule has 0 N–H and O–H groups in total. The third-order valence-electron chi connectivity index (χ3n) is 2.56. The van der Waals surface area contributed by atoms with E-state index in [0.29, 0.717) is 24.8 Å². The number of ketones is 1. The van der Waals surface area contributed by atoms with Gasteiger partial charge in [-0.05, 0) is 35.9 Å². The number of ether oxygens (including phenoxy) is 1. The van der Waals surface area contributed by atoms with Crippen molar-refractivity contribution in [2.45, 2.75) is 0 Å². The van der Waals surface area contributed by atoms with Crippen LogP contribution in [0.1, 0.15) is 15.2 Å². The Hall–Kier alpha value is -1.33. The van der Waals surface area contributed by atoms with Crippen molar-refractivity contribution >= 4 is 64.0 Å². The minimum atomic E-state index is -0.637. The maximum atomic E-state index is 11.7. The van der Waals surface area contributed by atoms with Crippen molar-refractivity contribution in [1.82, 2.24) is 0 Å². The van der Waals surface area contributed by atoms with Crippen molar-refractivity contribution in [3.8, 4) is 0 Å². The van der Waals surface area contributed by atoms with E-state index < -0.39 is 5.97 Å². The fraction of sp³-hybridized carbons (Fsp3) is 0.0667. The summed E-state index contributed by atoms with van der Waals surface area (Å²) in [5, 5.41) is 0.922. The summed E-state index contributed by atoms with van der Waals surface area (Å²) in [6.07, 6.45) is 2.69. The van der Waals surface area contributed by atoms with Crippen LogP contribution in [0, 0.1) is 0 Å². The molecule has 1 aromatic carbocycles. The number of esters is 1. The van der Waals surface area contributed by atoms with Crippen LogP contribution in [0.4, 0.5) is 0 Å². The highest BCUT2D eigenvalue weighted by Gasteiger charge is 2.11. The number of benzene rings is 1. The number of carbonyl (C=O) groups is 2. The molecule has 2 rings (SSSR count). The number of hydrogen-bond acceptors (Lipinski definition) is 4. The van der Waals surface area contributed by atoms with E-state index in [1.165, 1.54) is 12.2 Å². The zero-order valence-electron chi connectivity index (χ0n) is 11.0. The largest absolute Gasteiger partial charge is 0.454 e. The molecule has 0 bridgehead atoms. The molecule has 1 aromatic heterocycles. The first-order valence-electron chi connectivity index (χ1n) is 6.04. The van der Waals surface area contributed by atoms with E-state index in [-0.39, 0.29) is 12.4 Å². The lowest BCUT2D eigenvalue weighted by atomic mass is 10.2. The lowest BCUT2D eigenvalue weighted by molar-refractivity contribution is -0.136. The van der Waals surface area contributed by atoms with Gasteiger partial charge in [0.1, 0.15) is 0 Å². The van der Waals surface area contributed by atoms with Crippen LogP contribution in [0.3, 0.4) is 0 Å². The summed E-state index contributed by atoms with van der Waals surface area (Å²) in [5.41, 5.74) is 0.624. The second kappa shape index (κ2) is 7.79. The Labute approximate surface area is 146 Å². The van der Waals surface area contributed by atoms with Gasteiger partial charge in [0.05, 0.1) is 9.21 Å². The van der Waals surface area contributed by atoms with Crippen LogP contribution in [0.5, 0.6) is 0 Å². The maximum Gasteiger partial charge on any atom is 0.331 e. The highest BCUT2D eigenvalue weighted by molar-refractivity contribution is 7.18. The molecule has 0 unspecified atom stereocenters. The Bertz CT molecular complexity index is 737. The summed E-state index contributed by atoms with van der Waals surface area (Å²) >= 11 is 18.6. The van der Waals surface area contributed by atoms with Gasteiger partial charge in [-0.3, -0.25) is 4.79 Å². The Morgan fingerprint density at radius 1 is 1.14 bits per heavy atom. The highest BCUT2D eigenvalue weighted by Crippen LogP contribution is 2.23. The predicted molar refractivity (Wildman–Crippen MR) is 90.1 cm³/mol. The standard InChI is InChI=1S/C15H9Cl3O3S/c16-10-3-1-9(11(17)7-10)2-6-15(20)21-8-12(19)13-4-5-14(18)22-13/h1-7H,8H2. The quantitative estimate of drug-likeness (QED) is 0.412. The summed E-state index contributed by atoms with van der Waals surface area (Å²) in [6.45, 7) is -0.339. The van der Waals surface area contributed by atoms with Gasteiger partial charge in [0.15, 0.2) is 6.61 Å². The molecule has 0 aliphatic carbocycles. The first-order valence-corrected chi connectivity index (χ1v) is 7.99. The SMILES string of the molecule is O=C(C=Cc1ccc(Cl)cc1Cl)OCC(=O)c1ccc(Cl)s1. The minimum Gasteiger partial charge on any atom is -0.454 e. The first kappa shape index (κ1) is 17.0. The molecule has 0 aliphatic heterocycles. The van der Waals surface area contributed by atoms with Gasteiger partial charge in [-0.2, -0.15) is 0 Å². The Kier molecular flexibility index (Phi) is 6.03. The van der Waals surface area contributed by atoms with E-state index in [2.05, 4.69) is 0 Å². The average Bonchev–Trinajstić information content (AvgIpc) is 2.90. The summed E-state index contributed by atoms with van der Waals surface area (Å²) < 4.78 is 5.38. The monoisotopic (exact) mass is 374 g/mol. The van der Waals surface area contributed by atoms with E-state index in [0.717, 1.165) is 11.3 Å². The summed E-state index contributed by atoms with van der Waals surface area (Å²) in [7, 11) is 0. The molecule has 0 radical (unpaired) electrons. The second-order valence-corrected chi connectivity index (χ2v) is 6.69. The molecule has 0 aliphatic rings. The number of halogens is 3. The lowest BCUT2D eigenvalue weighted by Gasteiger charge is -2.00. The molecule has 1 heterocycles. The Morgan fingerprint density at radius 2 is 1.91 bits per heavy atom. The van der Waals surface area contributed by atoms with Gasteiger partial charge in [0.2, 0.25) is 5.78 Å². The number of Topliss-reactive ketones (excluding diaryl/α,β-unsaturated/α-hetero) is 1. The molecule has 3 nitrogen and oxygen atoms in total. The van der Waals surface area contributed by atoms with Gasteiger partial charge in [-0.25, -0.2) is 4.79 Å². The predicted octanol–water partition coefficient (Wildman–Crippen LogP) is 5.15. The minimum absolute atomic E-state index is 0.303. The van der Waals surface area contributed by atoms with Crippen LogP contribution in [0.25, 0.3) is 6.08 Å². The molecule has 7 heteroatoms. The molecule has 0 amide bonds. The van der Waals surface area contributed by atoms with Crippen molar-refractivity contribution in [2.24, 2.45) is 0 Å². The molecule has 2 aromatic rings. The summed E-state index contributed by atoms with van der Waals surface area (Å²) in [5.74, 6) is -0.940. The molecular formula is C15H9Cl3O3S. The summed E-state index contributed by atoms with van der Waals surface area (Å²) in [6, 6.07) is 8.10. The van der Waals surface area contributed by atoms with E-state index in [1.807, 2.05) is 0 Å². The Morgan fingerprint density at radius 3 is 2.55 bits per heavy atom. The molecule has 0 spiro atoms. The molecule has 114 valence electrons. The van der Waals surface area contributed by atoms with Crippen molar-refractivity contribution in [3.63, 3.8) is 0 Å². The van der Waals surface area contributed by atoms with Crippen LogP contribution < -0.4 is 0 Å². The first-order chi connectivity index (χ1) is 10.5. The zero-order valence-corrected chi connectivity index (χ0v) is 14.1. The van der Waals surface area contributed by atoms with Crippen molar-refractivity contribution in [2.75, 3.05) is 6.61 Å². The van der Waals surface area contributed by atoms with Crippen LogP contribution >= 0.6 is 46.1 Å². The van der Waals surface area contributed by atoms with Crippen molar-refractivity contribution in [3.05, 3.63) is 61.2 Å². The Balaban J connectivity index is 1.90. The zero-order chi connectivity index (χ0) is 16.1. The second-order valence-electron chi connectivity index (χ2n) is 4.13. The lowest BCUT2D eigenvalue weighted by Crippen LogP contribution is -2.11. The number of thiophene rings is 1. The summed E-state index contributed by atoms with van der Waals surface area (Å²) in [4.78, 5) is 23.8. The van der Waals surface area contributed by atoms with Gasteiger partial charge >= 0.3 is 5.97 Å². The van der Waals surface area contributed by atoms with Crippen molar-refractivity contribution in [1.29, 1.82) is 0 Å². The van der Waals surface area contributed by atoms with Gasteiger partial charge in [-0.15, -0.1) is 11.3 Å². The van der Waals surface area contributed by atoms with E-state index in [1.54, 1.807) is 30.3 Å². The van der Waals surface area contributed by atoms with Crippen LogP contribution in [0.15, 0.2) is 36.4 Å². The smallest absolute Gasteiger partial charge is 0.331 e. The molecule has 22 heavy (non-hydrogen) atoms. The van der Waals surface area contributed by atoms with Crippen LogP contribution in [-0.4, -0.2) is 18.4 Å². The highest BCUT2D eigenvalue weighted by atomic mass is 35.5. The van der Waals surface area contributed by atoms with Crippen molar-refractivity contribution < 1.29 is 14.3 Å². The maximum absolute atomic E-state index is 11.7. The average molecular weight is 376 g/mol. The van der Waals surface area contributed by atoms with Gasteiger partial charge in [0, 0.05) is 16.1 Å². The molecular weight excluding hydrogens is 367 g/mol. The van der Waals surface area contributed by atoms with Crippen LogP contribution in [-0.2, 0) is 9.53 Å². The topological polar surface area (TPSA) is 43.4 Å². The van der Waals surface area contributed by atoms with E-state index in [9.17, 15) is 9.59 Å². The van der Waals surface area contributed by atoms with Gasteiger partial charge < -0.3 is 4.74 Å².